The molecule has 0 radical (unpaired) electrons. The molecule has 0 aliphatic heterocycles. The zero-order chi connectivity index (χ0) is 11.7. The van der Waals surface area contributed by atoms with Gasteiger partial charge in [0.15, 0.2) is 0 Å². The first-order valence-corrected chi connectivity index (χ1v) is 6.39. The molecule has 1 saturated carbocycles. The summed E-state index contributed by atoms with van der Waals surface area (Å²) < 4.78 is 0. The highest BCUT2D eigenvalue weighted by molar-refractivity contribution is 5.39. The van der Waals surface area contributed by atoms with Gasteiger partial charge in [-0.15, -0.1) is 0 Å². The summed E-state index contributed by atoms with van der Waals surface area (Å²) in [6.07, 6.45) is 2.84. The highest BCUT2D eigenvalue weighted by Crippen LogP contribution is 2.29. The molecule has 1 aromatic rings. The highest BCUT2D eigenvalue weighted by Gasteiger charge is 2.22. The molecule has 1 aliphatic rings. The average Bonchev–Trinajstić information content (AvgIpc) is 2.96. The Balaban J connectivity index is 2.11. The highest BCUT2D eigenvalue weighted by atomic mass is 14.9. The van der Waals surface area contributed by atoms with Crippen molar-refractivity contribution < 1.29 is 0 Å². The molecule has 0 bridgehead atoms. The van der Waals surface area contributed by atoms with Crippen molar-refractivity contribution in [3.05, 3.63) is 34.4 Å². The van der Waals surface area contributed by atoms with E-state index in [4.69, 9.17) is 0 Å². The van der Waals surface area contributed by atoms with Crippen LogP contribution in [0.5, 0.6) is 0 Å². The molecule has 88 valence electrons. The van der Waals surface area contributed by atoms with Crippen LogP contribution in [-0.4, -0.2) is 6.54 Å². The molecule has 0 saturated heterocycles. The minimum atomic E-state index is 0.487. The topological polar surface area (TPSA) is 12.0 Å². The molecule has 0 aromatic heterocycles. The van der Waals surface area contributed by atoms with Gasteiger partial charge < -0.3 is 5.32 Å². The SMILES string of the molecule is Cc1cc(C)c(C(C)NCC2CC2)c(C)c1. The van der Waals surface area contributed by atoms with Gasteiger partial charge in [-0.3, -0.25) is 0 Å². The minimum absolute atomic E-state index is 0.487. The second-order valence-electron chi connectivity index (χ2n) is 5.39. The molecule has 1 atom stereocenters. The molecule has 0 amide bonds. The van der Waals surface area contributed by atoms with Crippen molar-refractivity contribution in [2.45, 2.75) is 46.6 Å². The van der Waals surface area contributed by atoms with Crippen molar-refractivity contribution in [3.63, 3.8) is 0 Å². The molecule has 1 N–H and O–H groups in total. The summed E-state index contributed by atoms with van der Waals surface area (Å²) in [5, 5.41) is 3.66. The Hall–Kier alpha value is -0.820. The maximum absolute atomic E-state index is 3.66. The number of aryl methyl sites for hydroxylation is 3. The summed E-state index contributed by atoms with van der Waals surface area (Å²) in [4.78, 5) is 0. The van der Waals surface area contributed by atoms with Crippen molar-refractivity contribution >= 4 is 0 Å². The Kier molecular flexibility index (Phi) is 3.34. The molecule has 1 aromatic carbocycles. The zero-order valence-electron chi connectivity index (χ0n) is 10.9. The summed E-state index contributed by atoms with van der Waals surface area (Å²) in [6, 6.07) is 5.07. The molecular weight excluding hydrogens is 194 g/mol. The maximum atomic E-state index is 3.66. The maximum Gasteiger partial charge on any atom is 0.0297 e. The normalized spacial score (nSPS) is 17.5. The fourth-order valence-electron chi connectivity index (χ4n) is 2.64. The minimum Gasteiger partial charge on any atom is -0.310 e. The smallest absolute Gasteiger partial charge is 0.0297 e. The van der Waals surface area contributed by atoms with E-state index < -0.39 is 0 Å². The molecule has 1 heteroatoms. The van der Waals surface area contributed by atoms with Crippen molar-refractivity contribution in [2.24, 2.45) is 5.92 Å². The lowest BCUT2D eigenvalue weighted by Crippen LogP contribution is -2.22. The lowest BCUT2D eigenvalue weighted by atomic mass is 9.95. The van der Waals surface area contributed by atoms with Crippen LogP contribution < -0.4 is 5.32 Å². The largest absolute Gasteiger partial charge is 0.310 e. The van der Waals surface area contributed by atoms with E-state index in [1.54, 1.807) is 0 Å². The van der Waals surface area contributed by atoms with Crippen LogP contribution in [0.2, 0.25) is 0 Å². The Morgan fingerprint density at radius 1 is 1.19 bits per heavy atom. The van der Waals surface area contributed by atoms with Gasteiger partial charge >= 0.3 is 0 Å². The zero-order valence-corrected chi connectivity index (χ0v) is 10.9. The predicted octanol–water partition coefficient (Wildman–Crippen LogP) is 3.67. The number of nitrogens with one attached hydrogen (secondary N) is 1. The first-order valence-electron chi connectivity index (χ1n) is 6.39. The van der Waals surface area contributed by atoms with Gasteiger partial charge in [0.2, 0.25) is 0 Å². The summed E-state index contributed by atoms with van der Waals surface area (Å²) >= 11 is 0. The van der Waals surface area contributed by atoms with E-state index in [1.807, 2.05) is 0 Å². The third kappa shape index (κ3) is 2.65. The van der Waals surface area contributed by atoms with Crippen molar-refractivity contribution in [3.8, 4) is 0 Å². The summed E-state index contributed by atoms with van der Waals surface area (Å²) in [7, 11) is 0. The van der Waals surface area contributed by atoms with Crippen LogP contribution in [0.1, 0.15) is 48.1 Å². The van der Waals surface area contributed by atoms with Gasteiger partial charge in [-0.05, 0) is 69.7 Å². The number of rotatable bonds is 4. The van der Waals surface area contributed by atoms with E-state index in [1.165, 1.54) is 41.6 Å². The fraction of sp³-hybridized carbons (Fsp3) is 0.600. The van der Waals surface area contributed by atoms with Crippen LogP contribution in [-0.2, 0) is 0 Å². The van der Waals surface area contributed by atoms with Crippen LogP contribution in [0, 0.1) is 26.7 Å². The van der Waals surface area contributed by atoms with Gasteiger partial charge in [-0.25, -0.2) is 0 Å². The van der Waals surface area contributed by atoms with E-state index >= 15 is 0 Å². The Morgan fingerprint density at radius 3 is 2.25 bits per heavy atom. The second kappa shape index (κ2) is 4.58. The first-order chi connectivity index (χ1) is 7.58. The van der Waals surface area contributed by atoms with Gasteiger partial charge in [0.1, 0.15) is 0 Å². The molecule has 2 rings (SSSR count). The van der Waals surface area contributed by atoms with Crippen molar-refractivity contribution in [1.29, 1.82) is 0 Å². The van der Waals surface area contributed by atoms with Gasteiger partial charge in [0.25, 0.3) is 0 Å². The third-order valence-electron chi connectivity index (χ3n) is 3.58. The van der Waals surface area contributed by atoms with Crippen molar-refractivity contribution in [2.75, 3.05) is 6.54 Å². The molecular formula is C15H23N. The van der Waals surface area contributed by atoms with Gasteiger partial charge in [0.05, 0.1) is 0 Å². The van der Waals surface area contributed by atoms with Crippen LogP contribution in [0.3, 0.4) is 0 Å². The van der Waals surface area contributed by atoms with E-state index in [0.29, 0.717) is 6.04 Å². The molecule has 1 fully saturated rings. The van der Waals surface area contributed by atoms with Gasteiger partial charge in [0, 0.05) is 6.04 Å². The third-order valence-corrected chi connectivity index (χ3v) is 3.58. The lowest BCUT2D eigenvalue weighted by Gasteiger charge is -2.19. The summed E-state index contributed by atoms with van der Waals surface area (Å²) in [5.74, 6) is 0.952. The van der Waals surface area contributed by atoms with Crippen molar-refractivity contribution in [1.82, 2.24) is 5.32 Å². The Bertz CT molecular complexity index is 354. The number of hydrogen-bond donors (Lipinski definition) is 1. The monoisotopic (exact) mass is 217 g/mol. The standard InChI is InChI=1S/C15H23N/c1-10-7-11(2)15(12(3)8-10)13(4)16-9-14-5-6-14/h7-8,13-14,16H,5-6,9H2,1-4H3. The van der Waals surface area contributed by atoms with Crippen LogP contribution in [0.15, 0.2) is 12.1 Å². The molecule has 1 unspecified atom stereocenters. The number of benzene rings is 1. The van der Waals surface area contributed by atoms with Crippen LogP contribution in [0.4, 0.5) is 0 Å². The molecule has 1 nitrogen and oxygen atoms in total. The summed E-state index contributed by atoms with van der Waals surface area (Å²) in [5.41, 5.74) is 5.71. The second-order valence-corrected chi connectivity index (χ2v) is 5.39. The molecule has 16 heavy (non-hydrogen) atoms. The first kappa shape index (κ1) is 11.7. The van der Waals surface area contributed by atoms with Gasteiger partial charge in [-0.1, -0.05) is 17.7 Å². The Morgan fingerprint density at radius 2 is 1.75 bits per heavy atom. The van der Waals surface area contributed by atoms with Crippen LogP contribution in [0.25, 0.3) is 0 Å². The summed E-state index contributed by atoms with van der Waals surface area (Å²) in [6.45, 7) is 10.1. The van der Waals surface area contributed by atoms with Gasteiger partial charge in [-0.2, -0.15) is 0 Å². The predicted molar refractivity (Wildman–Crippen MR) is 69.8 cm³/mol. The molecule has 0 spiro atoms. The number of hydrogen-bond acceptors (Lipinski definition) is 1. The van der Waals surface area contributed by atoms with E-state index in [-0.39, 0.29) is 0 Å². The fourth-order valence-corrected chi connectivity index (χ4v) is 2.64. The van der Waals surface area contributed by atoms with E-state index in [9.17, 15) is 0 Å². The van der Waals surface area contributed by atoms with Crippen LogP contribution >= 0.6 is 0 Å². The van der Waals surface area contributed by atoms with E-state index in [0.717, 1.165) is 5.92 Å². The Labute approximate surface area is 99.3 Å². The average molecular weight is 217 g/mol. The molecule has 1 aliphatic carbocycles. The quantitative estimate of drug-likeness (QED) is 0.811. The lowest BCUT2D eigenvalue weighted by molar-refractivity contribution is 0.545. The van der Waals surface area contributed by atoms with E-state index in [2.05, 4.69) is 45.1 Å². The molecule has 0 heterocycles.